The monoisotopic (exact) mass is 250 g/mol. The van der Waals surface area contributed by atoms with Gasteiger partial charge < -0.3 is 20.4 Å². The van der Waals surface area contributed by atoms with Gasteiger partial charge in [0.1, 0.15) is 11.6 Å². The summed E-state index contributed by atoms with van der Waals surface area (Å²) in [5.74, 6) is 1.70. The molecule has 0 aliphatic heterocycles. The van der Waals surface area contributed by atoms with Crippen molar-refractivity contribution < 1.29 is 14.7 Å². The summed E-state index contributed by atoms with van der Waals surface area (Å²) >= 11 is 0. The Labute approximate surface area is 106 Å². The predicted octanol–water partition coefficient (Wildman–Crippen LogP) is 1.74. The highest BCUT2D eigenvalue weighted by Gasteiger charge is 2.20. The molecule has 1 aromatic carbocycles. The van der Waals surface area contributed by atoms with E-state index >= 15 is 0 Å². The quantitative estimate of drug-likeness (QED) is 0.193. The molecule has 0 saturated heterocycles. The molecule has 1 fully saturated rings. The zero-order valence-corrected chi connectivity index (χ0v) is 10.2. The van der Waals surface area contributed by atoms with E-state index in [1.165, 1.54) is 12.8 Å². The first kappa shape index (κ1) is 12.7. The highest BCUT2D eigenvalue weighted by molar-refractivity contribution is 5.81. The van der Waals surface area contributed by atoms with Gasteiger partial charge in [0.05, 0.1) is 6.61 Å². The first-order chi connectivity index (χ1) is 8.78. The van der Waals surface area contributed by atoms with Crippen LogP contribution in [0.1, 0.15) is 18.4 Å². The molecule has 18 heavy (non-hydrogen) atoms. The van der Waals surface area contributed by atoms with Gasteiger partial charge in [-0.3, -0.25) is 0 Å². The van der Waals surface area contributed by atoms with Gasteiger partial charge in [-0.25, -0.2) is 0 Å². The summed E-state index contributed by atoms with van der Waals surface area (Å²) in [6.07, 6.45) is 2.99. The summed E-state index contributed by atoms with van der Waals surface area (Å²) in [5, 5.41) is 11.4. The van der Waals surface area contributed by atoms with E-state index in [0.29, 0.717) is 6.42 Å². The Balaban J connectivity index is 1.72. The number of hydrogen-bond donors (Lipinski definition) is 2. The van der Waals surface area contributed by atoms with Gasteiger partial charge in [0, 0.05) is 6.42 Å². The second-order valence-corrected chi connectivity index (χ2v) is 4.49. The van der Waals surface area contributed by atoms with Crippen LogP contribution in [0.4, 0.5) is 0 Å². The van der Waals surface area contributed by atoms with Crippen molar-refractivity contribution in [1.29, 1.82) is 0 Å². The molecule has 3 N–H and O–H groups in total. The van der Waals surface area contributed by atoms with Crippen LogP contribution in [0.2, 0.25) is 0 Å². The number of nitrogens with zero attached hydrogens (tertiary/aromatic N) is 1. The van der Waals surface area contributed by atoms with Gasteiger partial charge >= 0.3 is 0 Å². The molecule has 98 valence electrons. The fourth-order valence-electron chi connectivity index (χ4n) is 1.56. The average molecular weight is 250 g/mol. The van der Waals surface area contributed by atoms with Gasteiger partial charge in [-0.05, 0) is 36.5 Å². The first-order valence-corrected chi connectivity index (χ1v) is 6.04. The maximum atomic E-state index is 8.47. The van der Waals surface area contributed by atoms with Crippen molar-refractivity contribution in [2.45, 2.75) is 19.3 Å². The summed E-state index contributed by atoms with van der Waals surface area (Å²) in [6, 6.07) is 7.46. The average Bonchev–Trinajstić information content (AvgIpc) is 3.20. The van der Waals surface area contributed by atoms with Gasteiger partial charge in [0.15, 0.2) is 6.79 Å². The molecule has 2 rings (SSSR count). The zero-order chi connectivity index (χ0) is 12.8. The van der Waals surface area contributed by atoms with E-state index < -0.39 is 0 Å². The highest BCUT2D eigenvalue weighted by atomic mass is 16.7. The normalized spacial score (nSPS) is 15.7. The summed E-state index contributed by atoms with van der Waals surface area (Å²) in [7, 11) is 0. The smallest absolute Gasteiger partial charge is 0.189 e. The Hall–Kier alpha value is -1.75. The molecule has 0 aromatic heterocycles. The van der Waals surface area contributed by atoms with Gasteiger partial charge in [-0.15, -0.1) is 0 Å². The zero-order valence-electron chi connectivity index (χ0n) is 10.2. The van der Waals surface area contributed by atoms with E-state index in [0.717, 1.165) is 23.8 Å². The molecular weight excluding hydrogens is 232 g/mol. The predicted molar refractivity (Wildman–Crippen MR) is 67.7 cm³/mol. The standard InChI is InChI=1S/C13H18N2O3/c14-13(15-16)7-10-3-5-12(6-4-10)18-9-17-8-11-1-2-11/h3-6,11,16H,1-2,7-9H2,(H2,14,15). The molecule has 0 unspecified atom stereocenters. The van der Waals surface area contributed by atoms with Crippen molar-refractivity contribution in [2.75, 3.05) is 13.4 Å². The Morgan fingerprint density at radius 1 is 1.33 bits per heavy atom. The number of ether oxygens (including phenoxy) is 2. The second-order valence-electron chi connectivity index (χ2n) is 4.49. The van der Waals surface area contributed by atoms with Crippen LogP contribution < -0.4 is 10.5 Å². The molecule has 0 spiro atoms. The largest absolute Gasteiger partial charge is 0.468 e. The first-order valence-electron chi connectivity index (χ1n) is 6.04. The molecule has 0 amide bonds. The summed E-state index contributed by atoms with van der Waals surface area (Å²) in [5.41, 5.74) is 6.39. The Kier molecular flexibility index (Phi) is 4.41. The minimum atomic E-state index is 0.191. The minimum absolute atomic E-state index is 0.191. The Bertz CT molecular complexity index is 399. The van der Waals surface area contributed by atoms with E-state index in [4.69, 9.17) is 20.4 Å². The van der Waals surface area contributed by atoms with E-state index in [1.54, 1.807) is 0 Å². The summed E-state index contributed by atoms with van der Waals surface area (Å²) < 4.78 is 10.8. The fraction of sp³-hybridized carbons (Fsp3) is 0.462. The van der Waals surface area contributed by atoms with Crippen LogP contribution in [0.25, 0.3) is 0 Å². The highest BCUT2D eigenvalue weighted by Crippen LogP contribution is 2.28. The van der Waals surface area contributed by atoms with Crippen LogP contribution in [0.5, 0.6) is 5.75 Å². The van der Waals surface area contributed by atoms with Crippen LogP contribution in [-0.2, 0) is 11.2 Å². The second kappa shape index (κ2) is 6.26. The summed E-state index contributed by atoms with van der Waals surface area (Å²) in [6.45, 7) is 1.08. The summed E-state index contributed by atoms with van der Waals surface area (Å²) in [4.78, 5) is 0. The lowest BCUT2D eigenvalue weighted by molar-refractivity contribution is 0.00997. The van der Waals surface area contributed by atoms with Gasteiger partial charge in [0.25, 0.3) is 0 Å². The lowest BCUT2D eigenvalue weighted by Gasteiger charge is -2.07. The maximum Gasteiger partial charge on any atom is 0.189 e. The van der Waals surface area contributed by atoms with Crippen molar-refractivity contribution in [2.24, 2.45) is 16.8 Å². The Morgan fingerprint density at radius 3 is 2.67 bits per heavy atom. The number of benzene rings is 1. The lowest BCUT2D eigenvalue weighted by Crippen LogP contribution is -2.14. The van der Waals surface area contributed by atoms with Crippen molar-refractivity contribution in [3.8, 4) is 5.75 Å². The number of nitrogens with two attached hydrogens (primary N) is 1. The van der Waals surface area contributed by atoms with Crippen molar-refractivity contribution in [1.82, 2.24) is 0 Å². The van der Waals surface area contributed by atoms with Crippen LogP contribution >= 0.6 is 0 Å². The van der Waals surface area contributed by atoms with Gasteiger partial charge in [-0.1, -0.05) is 17.3 Å². The number of oxime groups is 1. The maximum absolute atomic E-state index is 8.47. The SMILES string of the molecule is N/C(Cc1ccc(OCOCC2CC2)cc1)=N/O. The molecule has 1 aliphatic rings. The Morgan fingerprint density at radius 2 is 2.06 bits per heavy atom. The van der Waals surface area contributed by atoms with Crippen molar-refractivity contribution >= 4 is 5.84 Å². The molecule has 0 heterocycles. The molecule has 1 aromatic rings. The third kappa shape index (κ3) is 4.25. The number of hydrogen-bond acceptors (Lipinski definition) is 4. The lowest BCUT2D eigenvalue weighted by atomic mass is 10.1. The molecule has 5 nitrogen and oxygen atoms in total. The van der Waals surface area contributed by atoms with E-state index in [-0.39, 0.29) is 12.6 Å². The third-order valence-corrected chi connectivity index (χ3v) is 2.80. The van der Waals surface area contributed by atoms with E-state index in [2.05, 4.69) is 5.16 Å². The molecule has 1 aliphatic carbocycles. The van der Waals surface area contributed by atoms with Gasteiger partial charge in [-0.2, -0.15) is 0 Å². The van der Waals surface area contributed by atoms with E-state index in [9.17, 15) is 0 Å². The van der Waals surface area contributed by atoms with Crippen LogP contribution in [0, 0.1) is 5.92 Å². The van der Waals surface area contributed by atoms with E-state index in [1.807, 2.05) is 24.3 Å². The van der Waals surface area contributed by atoms with Crippen LogP contribution in [0.3, 0.4) is 0 Å². The molecule has 0 radical (unpaired) electrons. The third-order valence-electron chi connectivity index (χ3n) is 2.80. The molecule has 0 atom stereocenters. The molecule has 1 saturated carbocycles. The van der Waals surface area contributed by atoms with Crippen LogP contribution in [-0.4, -0.2) is 24.4 Å². The van der Waals surface area contributed by atoms with Crippen LogP contribution in [0.15, 0.2) is 29.4 Å². The van der Waals surface area contributed by atoms with Gasteiger partial charge in [0.2, 0.25) is 0 Å². The number of amidine groups is 1. The topological polar surface area (TPSA) is 77.1 Å². The van der Waals surface area contributed by atoms with Crippen molar-refractivity contribution in [3.05, 3.63) is 29.8 Å². The minimum Gasteiger partial charge on any atom is -0.468 e. The molecule has 0 bridgehead atoms. The molecule has 5 heteroatoms. The fourth-order valence-corrected chi connectivity index (χ4v) is 1.56. The van der Waals surface area contributed by atoms with Crippen molar-refractivity contribution in [3.63, 3.8) is 0 Å². The number of rotatable bonds is 7. The molecular formula is C13H18N2O3.